The Bertz CT molecular complexity index is 559. The van der Waals surface area contributed by atoms with Crippen molar-refractivity contribution in [2.75, 3.05) is 5.73 Å². The highest BCUT2D eigenvalue weighted by Gasteiger charge is 2.33. The molecular weight excluding hydrogens is 244 g/mol. The van der Waals surface area contributed by atoms with Gasteiger partial charge in [-0.2, -0.15) is 8.78 Å². The molecule has 0 unspecified atom stereocenters. The molecule has 2 aromatic carbocycles. The van der Waals surface area contributed by atoms with Gasteiger partial charge in [-0.05, 0) is 23.6 Å². The first-order valence-electron chi connectivity index (χ1n) is 6.25. The Balaban J connectivity index is 2.38. The molecule has 2 N–H and O–H groups in total. The van der Waals surface area contributed by atoms with E-state index in [1.165, 1.54) is 24.3 Å². The number of anilines is 1. The second kappa shape index (κ2) is 5.00. The Labute approximate surface area is 112 Å². The summed E-state index contributed by atoms with van der Waals surface area (Å²) in [6, 6.07) is 12.3. The summed E-state index contributed by atoms with van der Waals surface area (Å²) in [5, 5.41) is 0. The van der Waals surface area contributed by atoms with Gasteiger partial charge in [-0.15, -0.1) is 0 Å². The van der Waals surface area contributed by atoms with E-state index in [1.807, 2.05) is 13.8 Å². The second-order valence-electron chi connectivity index (χ2n) is 4.98. The van der Waals surface area contributed by atoms with Gasteiger partial charge in [0.15, 0.2) is 0 Å². The topological polar surface area (TPSA) is 26.0 Å². The molecule has 0 aliphatic heterocycles. The standard InChI is InChI=1S/C16H17F2N/c1-11(2)12-6-8-13(9-7-12)16(17,18)14-4-3-5-15(19)10-14/h3-11H,19H2,1-2H3. The summed E-state index contributed by atoms with van der Waals surface area (Å²) >= 11 is 0. The first-order valence-corrected chi connectivity index (χ1v) is 6.25. The van der Waals surface area contributed by atoms with Crippen LogP contribution in [0.4, 0.5) is 14.5 Å². The predicted molar refractivity (Wildman–Crippen MR) is 74.4 cm³/mol. The van der Waals surface area contributed by atoms with Crippen molar-refractivity contribution < 1.29 is 8.78 Å². The van der Waals surface area contributed by atoms with Crippen molar-refractivity contribution in [1.29, 1.82) is 0 Å². The summed E-state index contributed by atoms with van der Waals surface area (Å²) in [6.07, 6.45) is 0. The maximum atomic E-state index is 14.3. The molecule has 0 fully saturated rings. The minimum Gasteiger partial charge on any atom is -0.399 e. The zero-order chi connectivity index (χ0) is 14.0. The molecule has 0 saturated heterocycles. The third kappa shape index (κ3) is 2.75. The molecule has 0 aromatic heterocycles. The van der Waals surface area contributed by atoms with Gasteiger partial charge in [0.25, 0.3) is 5.92 Å². The van der Waals surface area contributed by atoms with Crippen LogP contribution in [-0.4, -0.2) is 0 Å². The molecule has 0 aliphatic carbocycles. The van der Waals surface area contributed by atoms with E-state index in [2.05, 4.69) is 0 Å². The fourth-order valence-corrected chi connectivity index (χ4v) is 1.98. The summed E-state index contributed by atoms with van der Waals surface area (Å²) in [5.41, 5.74) is 6.87. The van der Waals surface area contributed by atoms with Gasteiger partial charge in [-0.3, -0.25) is 0 Å². The van der Waals surface area contributed by atoms with E-state index in [9.17, 15) is 8.78 Å². The maximum Gasteiger partial charge on any atom is 0.298 e. The molecule has 0 heterocycles. The van der Waals surface area contributed by atoms with Crippen LogP contribution in [-0.2, 0) is 5.92 Å². The third-order valence-corrected chi connectivity index (χ3v) is 3.19. The predicted octanol–water partition coefficient (Wildman–Crippen LogP) is 4.53. The quantitative estimate of drug-likeness (QED) is 0.807. The summed E-state index contributed by atoms with van der Waals surface area (Å²) in [5.74, 6) is -2.69. The average molecular weight is 261 g/mol. The lowest BCUT2D eigenvalue weighted by molar-refractivity contribution is 0.0429. The Morgan fingerprint density at radius 2 is 1.58 bits per heavy atom. The van der Waals surface area contributed by atoms with Crippen LogP contribution in [0.15, 0.2) is 48.5 Å². The number of nitrogens with two attached hydrogens (primary N) is 1. The average Bonchev–Trinajstić information content (AvgIpc) is 2.39. The number of benzene rings is 2. The van der Waals surface area contributed by atoms with Gasteiger partial charge in [0.05, 0.1) is 0 Å². The van der Waals surface area contributed by atoms with Crippen molar-refractivity contribution in [3.8, 4) is 0 Å². The first-order chi connectivity index (χ1) is 8.91. The van der Waals surface area contributed by atoms with Crippen LogP contribution in [0.2, 0.25) is 0 Å². The van der Waals surface area contributed by atoms with E-state index >= 15 is 0 Å². The molecule has 1 nitrogen and oxygen atoms in total. The lowest BCUT2D eigenvalue weighted by atomic mass is 9.96. The molecule has 2 aromatic rings. The zero-order valence-electron chi connectivity index (χ0n) is 11.0. The number of halogens is 2. The van der Waals surface area contributed by atoms with Gasteiger partial charge in [-0.25, -0.2) is 0 Å². The van der Waals surface area contributed by atoms with Crippen molar-refractivity contribution in [3.05, 3.63) is 65.2 Å². The SMILES string of the molecule is CC(C)c1ccc(C(F)(F)c2cccc(N)c2)cc1. The lowest BCUT2D eigenvalue weighted by Crippen LogP contribution is -2.15. The number of hydrogen-bond donors (Lipinski definition) is 1. The van der Waals surface area contributed by atoms with Crippen LogP contribution in [0, 0.1) is 0 Å². The molecule has 0 amide bonds. The minimum absolute atomic E-state index is 0.0116. The van der Waals surface area contributed by atoms with Gasteiger partial charge >= 0.3 is 0 Å². The van der Waals surface area contributed by atoms with Crippen LogP contribution in [0.25, 0.3) is 0 Å². The molecule has 100 valence electrons. The molecule has 0 saturated carbocycles. The molecule has 2 rings (SSSR count). The van der Waals surface area contributed by atoms with Gasteiger partial charge in [0.1, 0.15) is 0 Å². The van der Waals surface area contributed by atoms with E-state index in [1.54, 1.807) is 24.3 Å². The fourth-order valence-electron chi connectivity index (χ4n) is 1.98. The smallest absolute Gasteiger partial charge is 0.298 e. The molecular formula is C16H17F2N. The van der Waals surface area contributed by atoms with Crippen molar-refractivity contribution in [1.82, 2.24) is 0 Å². The fraction of sp³-hybridized carbons (Fsp3) is 0.250. The summed E-state index contributed by atoms with van der Waals surface area (Å²) in [7, 11) is 0. The van der Waals surface area contributed by atoms with Gasteiger partial charge in [0, 0.05) is 16.8 Å². The van der Waals surface area contributed by atoms with Crippen LogP contribution in [0.5, 0.6) is 0 Å². The molecule has 0 bridgehead atoms. The lowest BCUT2D eigenvalue weighted by Gasteiger charge is -2.18. The van der Waals surface area contributed by atoms with Crippen LogP contribution < -0.4 is 5.73 Å². The van der Waals surface area contributed by atoms with E-state index < -0.39 is 5.92 Å². The zero-order valence-corrected chi connectivity index (χ0v) is 11.0. The molecule has 0 spiro atoms. The number of hydrogen-bond acceptors (Lipinski definition) is 1. The first kappa shape index (κ1) is 13.5. The third-order valence-electron chi connectivity index (χ3n) is 3.19. The Kier molecular flexibility index (Phi) is 3.56. The van der Waals surface area contributed by atoms with Crippen LogP contribution in [0.3, 0.4) is 0 Å². The van der Waals surface area contributed by atoms with Crippen molar-refractivity contribution >= 4 is 5.69 Å². The molecule has 3 heteroatoms. The number of rotatable bonds is 3. The van der Waals surface area contributed by atoms with Crippen LogP contribution in [0.1, 0.15) is 36.5 Å². The van der Waals surface area contributed by atoms with Crippen LogP contribution >= 0.6 is 0 Å². The van der Waals surface area contributed by atoms with E-state index in [-0.39, 0.29) is 11.1 Å². The molecule has 0 aliphatic rings. The van der Waals surface area contributed by atoms with Gasteiger partial charge in [-0.1, -0.05) is 50.2 Å². The minimum atomic E-state index is -3.02. The summed E-state index contributed by atoms with van der Waals surface area (Å²) in [4.78, 5) is 0. The highest BCUT2D eigenvalue weighted by atomic mass is 19.3. The van der Waals surface area contributed by atoms with Gasteiger partial charge in [0.2, 0.25) is 0 Å². The second-order valence-corrected chi connectivity index (χ2v) is 4.98. The van der Waals surface area contributed by atoms with E-state index in [0.29, 0.717) is 11.6 Å². The van der Waals surface area contributed by atoms with Crippen molar-refractivity contribution in [2.24, 2.45) is 0 Å². The Morgan fingerprint density at radius 3 is 2.11 bits per heavy atom. The summed E-state index contributed by atoms with van der Waals surface area (Å²) in [6.45, 7) is 4.07. The monoisotopic (exact) mass is 261 g/mol. The Morgan fingerprint density at radius 1 is 0.947 bits per heavy atom. The van der Waals surface area contributed by atoms with E-state index in [0.717, 1.165) is 5.56 Å². The number of alkyl halides is 2. The maximum absolute atomic E-state index is 14.3. The highest BCUT2D eigenvalue weighted by Crippen LogP contribution is 2.36. The van der Waals surface area contributed by atoms with Crippen molar-refractivity contribution in [3.63, 3.8) is 0 Å². The Hall–Kier alpha value is -1.90. The molecule has 0 atom stereocenters. The summed E-state index contributed by atoms with van der Waals surface area (Å²) < 4.78 is 28.7. The highest BCUT2D eigenvalue weighted by molar-refractivity contribution is 5.45. The molecule has 0 radical (unpaired) electrons. The van der Waals surface area contributed by atoms with Crippen molar-refractivity contribution in [2.45, 2.75) is 25.7 Å². The van der Waals surface area contributed by atoms with E-state index in [4.69, 9.17) is 5.73 Å². The largest absolute Gasteiger partial charge is 0.399 e. The number of nitrogen functional groups attached to an aromatic ring is 1. The van der Waals surface area contributed by atoms with Gasteiger partial charge < -0.3 is 5.73 Å². The normalized spacial score (nSPS) is 11.8. The molecule has 19 heavy (non-hydrogen) atoms.